The zero-order chi connectivity index (χ0) is 26.3. The van der Waals surface area contributed by atoms with Gasteiger partial charge >= 0.3 is 5.97 Å². The maximum absolute atomic E-state index is 12.1. The van der Waals surface area contributed by atoms with E-state index in [0.717, 1.165) is 41.9 Å². The number of carbonyl (C=O) groups is 1. The number of thioether (sulfide) groups is 1. The van der Waals surface area contributed by atoms with E-state index in [-0.39, 0.29) is 12.4 Å². The number of hydrogen-bond acceptors (Lipinski definition) is 5. The smallest absolute Gasteiger partial charge is 0.305 e. The summed E-state index contributed by atoms with van der Waals surface area (Å²) in [6, 6.07) is 2.34. The summed E-state index contributed by atoms with van der Waals surface area (Å²) in [4.78, 5) is 12.1. The Kier molecular flexibility index (Phi) is 19.3. The molecule has 1 atom stereocenters. The summed E-state index contributed by atoms with van der Waals surface area (Å²) in [7, 11) is 0. The molecule has 1 unspecified atom stereocenters. The molecule has 0 aromatic heterocycles. The summed E-state index contributed by atoms with van der Waals surface area (Å²) in [5.74, 6) is -0.220. The molecule has 1 rings (SSSR count). The Morgan fingerprint density at radius 3 is 2.36 bits per heavy atom. The third-order valence-electron chi connectivity index (χ3n) is 6.20. The van der Waals surface area contributed by atoms with Gasteiger partial charge in [-0.25, -0.2) is 0 Å². The van der Waals surface area contributed by atoms with Gasteiger partial charge in [-0.15, -0.1) is 0 Å². The van der Waals surface area contributed by atoms with Crippen LogP contribution in [0.1, 0.15) is 117 Å². The van der Waals surface area contributed by atoms with Gasteiger partial charge in [-0.05, 0) is 70.3 Å². The lowest BCUT2D eigenvalue weighted by atomic mass is 10.1. The van der Waals surface area contributed by atoms with Crippen molar-refractivity contribution in [3.8, 4) is 6.07 Å². The van der Waals surface area contributed by atoms with E-state index in [1.54, 1.807) is 0 Å². The van der Waals surface area contributed by atoms with Crippen LogP contribution in [-0.4, -0.2) is 21.5 Å². The largest absolute Gasteiger partial charge is 0.466 e. The second-order valence-electron chi connectivity index (χ2n) is 9.68. The number of rotatable bonds is 20. The molecule has 200 valence electrons. The van der Waals surface area contributed by atoms with Crippen LogP contribution in [0.25, 0.3) is 0 Å². The summed E-state index contributed by atoms with van der Waals surface area (Å²) in [5, 5.41) is 9.65. The molecule has 0 bridgehead atoms. The van der Waals surface area contributed by atoms with Crippen LogP contribution < -0.4 is 0 Å². The van der Waals surface area contributed by atoms with Crippen molar-refractivity contribution in [1.82, 2.24) is 0 Å². The minimum absolute atomic E-state index is 0.220. The van der Waals surface area contributed by atoms with Crippen LogP contribution in [-0.2, 0) is 9.53 Å². The summed E-state index contributed by atoms with van der Waals surface area (Å²) in [6.45, 7) is 4.57. The zero-order valence-corrected chi connectivity index (χ0v) is 24.3. The number of nitriles is 1. The number of unbranched alkanes of at least 4 members (excludes halogenated alkanes) is 9. The standard InChI is InChI=1S/C31H47NO2S2/c1-3-4-5-6-7-8-9-10-11-12-13-14-15-16-17-21-26-34-29(33)24-25-31(2,27-32)36-30(35)28-22-19-18-20-23-28/h7-8,10-11,19,22-23H,3-6,9,12-18,20-21,24-26H2,1-2H3/b8-7+,11-10+. The molecule has 0 N–H and O–H groups in total. The van der Waals surface area contributed by atoms with Crippen molar-refractivity contribution in [1.29, 1.82) is 5.26 Å². The van der Waals surface area contributed by atoms with Crippen molar-refractivity contribution in [2.75, 3.05) is 6.61 Å². The molecular formula is C31H47NO2S2. The predicted molar refractivity (Wildman–Crippen MR) is 160 cm³/mol. The first-order valence-corrected chi connectivity index (χ1v) is 15.2. The van der Waals surface area contributed by atoms with Gasteiger partial charge in [0, 0.05) is 6.42 Å². The van der Waals surface area contributed by atoms with E-state index < -0.39 is 4.75 Å². The highest BCUT2D eigenvalue weighted by Crippen LogP contribution is 2.34. The Hall–Kier alpha value is -1.64. The third-order valence-corrected chi connectivity index (χ3v) is 7.85. The lowest BCUT2D eigenvalue weighted by molar-refractivity contribution is -0.143. The molecular weight excluding hydrogens is 482 g/mol. The number of allylic oxidation sites excluding steroid dienone is 7. The van der Waals surface area contributed by atoms with Gasteiger partial charge in [0.25, 0.3) is 0 Å². The van der Waals surface area contributed by atoms with E-state index >= 15 is 0 Å². The van der Waals surface area contributed by atoms with Crippen LogP contribution in [0.15, 0.2) is 48.1 Å². The second-order valence-corrected chi connectivity index (χ2v) is 11.9. The monoisotopic (exact) mass is 529 g/mol. The molecule has 0 saturated heterocycles. The molecule has 1 aliphatic rings. The van der Waals surface area contributed by atoms with Gasteiger partial charge in [-0.2, -0.15) is 5.26 Å². The Labute approximate surface area is 230 Å². The number of hydrogen-bond donors (Lipinski definition) is 0. The van der Waals surface area contributed by atoms with Crippen molar-refractivity contribution in [3.05, 3.63) is 48.1 Å². The number of thiocarbonyl (C=S) groups is 1. The third kappa shape index (κ3) is 16.9. The number of esters is 1. The van der Waals surface area contributed by atoms with Crippen LogP contribution in [0.2, 0.25) is 0 Å². The van der Waals surface area contributed by atoms with E-state index in [1.807, 2.05) is 13.0 Å². The fourth-order valence-electron chi connectivity index (χ4n) is 3.85. The lowest BCUT2D eigenvalue weighted by Crippen LogP contribution is -2.22. The SMILES string of the molecule is CCCCC/C=C/C/C=C/CCCCCCCCOC(=O)CCC(C)(C#N)SC(=S)C1=CCCC=C1. The van der Waals surface area contributed by atoms with Crippen LogP contribution in [0, 0.1) is 11.3 Å². The van der Waals surface area contributed by atoms with Gasteiger partial charge in [0.2, 0.25) is 0 Å². The van der Waals surface area contributed by atoms with Gasteiger partial charge in [0.05, 0.1) is 16.9 Å². The normalized spacial score (nSPS) is 15.1. The van der Waals surface area contributed by atoms with Gasteiger partial charge in [0.15, 0.2) is 0 Å². The molecule has 0 aromatic rings. The topological polar surface area (TPSA) is 50.1 Å². The fraction of sp³-hybridized carbons (Fsp3) is 0.645. The van der Waals surface area contributed by atoms with Gasteiger partial charge in [-0.1, -0.05) is 112 Å². The van der Waals surface area contributed by atoms with Gasteiger partial charge < -0.3 is 4.74 Å². The fourth-order valence-corrected chi connectivity index (χ4v) is 5.48. The van der Waals surface area contributed by atoms with Crippen LogP contribution >= 0.6 is 24.0 Å². The summed E-state index contributed by atoms with van der Waals surface area (Å²) >= 11 is 6.90. The van der Waals surface area contributed by atoms with Gasteiger partial charge in [-0.3, -0.25) is 4.79 Å². The van der Waals surface area contributed by atoms with E-state index in [9.17, 15) is 10.1 Å². The lowest BCUT2D eigenvalue weighted by Gasteiger charge is -2.21. The molecule has 0 fully saturated rings. The summed E-state index contributed by atoms with van der Waals surface area (Å²) in [6.07, 6.45) is 32.4. The maximum atomic E-state index is 12.1. The van der Waals surface area contributed by atoms with Crippen molar-refractivity contribution in [3.63, 3.8) is 0 Å². The number of carbonyl (C=O) groups excluding carboxylic acids is 1. The Balaban J connectivity index is 2.01. The van der Waals surface area contributed by atoms with E-state index in [2.05, 4.69) is 49.4 Å². The molecule has 0 spiro atoms. The first kappa shape index (κ1) is 32.4. The number of ether oxygens (including phenoxy) is 1. The molecule has 0 heterocycles. The molecule has 3 nitrogen and oxygen atoms in total. The first-order valence-electron chi connectivity index (χ1n) is 14.0. The highest BCUT2D eigenvalue weighted by atomic mass is 32.2. The second kappa shape index (κ2) is 21.4. The zero-order valence-electron chi connectivity index (χ0n) is 22.6. The maximum Gasteiger partial charge on any atom is 0.305 e. The molecule has 0 amide bonds. The Morgan fingerprint density at radius 1 is 1.06 bits per heavy atom. The Bertz CT molecular complexity index is 791. The molecule has 0 radical (unpaired) electrons. The van der Waals surface area contributed by atoms with E-state index in [0.29, 0.717) is 13.0 Å². The molecule has 0 aliphatic heterocycles. The number of nitrogens with zero attached hydrogens (tertiary/aromatic N) is 1. The van der Waals surface area contributed by atoms with Crippen molar-refractivity contribution >= 4 is 34.1 Å². The highest BCUT2D eigenvalue weighted by Gasteiger charge is 2.28. The van der Waals surface area contributed by atoms with Crippen LogP contribution in [0.3, 0.4) is 0 Å². The average Bonchev–Trinajstić information content (AvgIpc) is 2.89. The average molecular weight is 530 g/mol. The molecule has 0 aromatic carbocycles. The molecule has 5 heteroatoms. The summed E-state index contributed by atoms with van der Waals surface area (Å²) < 4.78 is 5.40. The minimum atomic E-state index is -0.720. The molecule has 0 saturated carbocycles. The van der Waals surface area contributed by atoms with E-state index in [4.69, 9.17) is 17.0 Å². The first-order chi connectivity index (χ1) is 17.5. The quantitative estimate of drug-likeness (QED) is 0.0680. The van der Waals surface area contributed by atoms with Crippen molar-refractivity contribution in [2.45, 2.75) is 121 Å². The van der Waals surface area contributed by atoms with Crippen molar-refractivity contribution < 1.29 is 9.53 Å². The predicted octanol–water partition coefficient (Wildman–Crippen LogP) is 9.74. The minimum Gasteiger partial charge on any atom is -0.466 e. The van der Waals surface area contributed by atoms with Crippen molar-refractivity contribution in [2.24, 2.45) is 0 Å². The van der Waals surface area contributed by atoms with Crippen LogP contribution in [0.5, 0.6) is 0 Å². The molecule has 36 heavy (non-hydrogen) atoms. The Morgan fingerprint density at radius 2 is 1.72 bits per heavy atom. The summed E-state index contributed by atoms with van der Waals surface area (Å²) in [5.41, 5.74) is 1.02. The van der Waals surface area contributed by atoms with Gasteiger partial charge in [0.1, 0.15) is 4.75 Å². The van der Waals surface area contributed by atoms with E-state index in [1.165, 1.54) is 69.5 Å². The highest BCUT2D eigenvalue weighted by molar-refractivity contribution is 8.24. The van der Waals surface area contributed by atoms with Crippen LogP contribution in [0.4, 0.5) is 0 Å². The molecule has 1 aliphatic carbocycles.